The number of aryl methyl sites for hydroxylation is 1. The highest BCUT2D eigenvalue weighted by Crippen LogP contribution is 2.51. The van der Waals surface area contributed by atoms with E-state index in [1.807, 2.05) is 80.2 Å². The Morgan fingerprint density at radius 1 is 0.358 bits per heavy atom. The van der Waals surface area contributed by atoms with Crippen molar-refractivity contribution in [2.45, 2.75) is 6.92 Å². The van der Waals surface area contributed by atoms with Crippen molar-refractivity contribution >= 4 is 87.7 Å². The zero-order valence-corrected chi connectivity index (χ0v) is 35.9. The number of fused-ring (bicyclic) bond motifs is 12. The average molecular weight is 859 g/mol. The maximum Gasteiger partial charge on any atom is 0.104 e. The molecule has 0 atom stereocenters. The highest BCUT2D eigenvalue weighted by molar-refractivity contribution is 6.15. The van der Waals surface area contributed by atoms with Crippen LogP contribution in [0.15, 0.2) is 189 Å². The lowest BCUT2D eigenvalue weighted by Gasteiger charge is -2.29. The van der Waals surface area contributed by atoms with E-state index in [9.17, 15) is 5.26 Å². The number of hydrogen-bond acceptors (Lipinski definition) is 6. The SMILES string of the molecule is Cc1cccc(-c2c(-n3c4ccccc4c4ncccc43)c(C#N)c(-n3c4ccccc4c4ncccc43)c(-n3c4ccccc4c4ncccc43)c2-n2c3ccccc3c3ncccc32)n1. The van der Waals surface area contributed by atoms with Crippen molar-refractivity contribution in [1.82, 2.24) is 43.2 Å². The Morgan fingerprint density at radius 3 is 1.12 bits per heavy atom. The standard InChI is InChI=1S/C57H34N10/c1-34-15-10-20-40(63-34)49-54(64-41-21-6-2-16-35(41)50-45(64)25-11-29-59-50)39(33-58)55(65-42-22-7-3-17-36(42)51-46(65)26-12-30-60-51)57(67-44-24-9-5-19-38(44)53-48(67)28-14-32-62-53)56(49)66-43-23-8-4-18-37(43)52-47(66)27-13-31-61-52/h2-32H,1H3. The third kappa shape index (κ3) is 5.05. The number of benzene rings is 5. The zero-order valence-electron chi connectivity index (χ0n) is 35.9. The van der Waals surface area contributed by atoms with Gasteiger partial charge in [-0.2, -0.15) is 5.26 Å². The van der Waals surface area contributed by atoms with Crippen LogP contribution in [0.25, 0.3) is 122 Å². The highest BCUT2D eigenvalue weighted by atomic mass is 15.1. The largest absolute Gasteiger partial charge is 0.305 e. The molecular weight excluding hydrogens is 825 g/mol. The summed E-state index contributed by atoms with van der Waals surface area (Å²) in [6, 6.07) is 58.9. The van der Waals surface area contributed by atoms with E-state index < -0.39 is 0 Å². The first-order chi connectivity index (χ1) is 33.2. The molecule has 14 aromatic rings. The molecule has 0 aliphatic heterocycles. The second kappa shape index (κ2) is 14.0. The Bertz CT molecular complexity index is 4230. The number of aromatic nitrogens is 9. The number of nitrogens with zero attached hydrogens (tertiary/aromatic N) is 10. The normalized spacial score (nSPS) is 11.9. The van der Waals surface area contributed by atoms with Crippen LogP contribution in [0.1, 0.15) is 11.3 Å². The summed E-state index contributed by atoms with van der Waals surface area (Å²) in [4.78, 5) is 25.6. The summed E-state index contributed by atoms with van der Waals surface area (Å²) in [7, 11) is 0. The van der Waals surface area contributed by atoms with Crippen molar-refractivity contribution in [2.24, 2.45) is 0 Å². The van der Waals surface area contributed by atoms with Crippen molar-refractivity contribution in [3.63, 3.8) is 0 Å². The average Bonchev–Trinajstić information content (AvgIpc) is 4.11. The van der Waals surface area contributed by atoms with Crippen LogP contribution in [0.3, 0.4) is 0 Å². The van der Waals surface area contributed by atoms with Gasteiger partial charge in [0.25, 0.3) is 0 Å². The van der Waals surface area contributed by atoms with Gasteiger partial charge in [-0.3, -0.25) is 24.9 Å². The van der Waals surface area contributed by atoms with E-state index in [1.54, 1.807) is 0 Å². The van der Waals surface area contributed by atoms with Gasteiger partial charge in [0.05, 0.1) is 100 Å². The van der Waals surface area contributed by atoms with Crippen molar-refractivity contribution < 1.29 is 0 Å². The van der Waals surface area contributed by atoms with E-state index in [1.165, 1.54) is 0 Å². The first-order valence-electron chi connectivity index (χ1n) is 22.2. The van der Waals surface area contributed by atoms with Gasteiger partial charge >= 0.3 is 0 Å². The summed E-state index contributed by atoms with van der Waals surface area (Å²) in [5.74, 6) is 0. The molecule has 0 saturated heterocycles. The number of para-hydroxylation sites is 4. The maximum absolute atomic E-state index is 12.5. The summed E-state index contributed by atoms with van der Waals surface area (Å²) in [5, 5.41) is 16.4. The predicted molar refractivity (Wildman–Crippen MR) is 268 cm³/mol. The van der Waals surface area contributed by atoms with E-state index in [2.05, 4.69) is 140 Å². The van der Waals surface area contributed by atoms with Crippen molar-refractivity contribution in [2.75, 3.05) is 0 Å². The molecule has 0 fully saturated rings. The minimum absolute atomic E-state index is 0.434. The lowest BCUT2D eigenvalue weighted by molar-refractivity contribution is 1.02. The molecule has 0 radical (unpaired) electrons. The molecule has 5 aromatic carbocycles. The topological polar surface area (TPSA) is 108 Å². The van der Waals surface area contributed by atoms with Crippen molar-refractivity contribution in [3.05, 3.63) is 200 Å². The van der Waals surface area contributed by atoms with Gasteiger partial charge < -0.3 is 18.3 Å². The molecule has 14 rings (SSSR count). The molecule has 0 unspecified atom stereocenters. The van der Waals surface area contributed by atoms with Gasteiger partial charge in [-0.25, -0.2) is 0 Å². The lowest BCUT2D eigenvalue weighted by Crippen LogP contribution is -2.16. The number of hydrogen-bond donors (Lipinski definition) is 0. The summed E-state index contributed by atoms with van der Waals surface area (Å²) >= 11 is 0. The monoisotopic (exact) mass is 858 g/mol. The van der Waals surface area contributed by atoms with Crippen molar-refractivity contribution in [3.8, 4) is 40.1 Å². The molecule has 0 saturated carbocycles. The molecular formula is C57H34N10. The number of nitriles is 1. The van der Waals surface area contributed by atoms with Gasteiger partial charge in [-0.1, -0.05) is 78.9 Å². The van der Waals surface area contributed by atoms with Crippen molar-refractivity contribution in [1.29, 1.82) is 5.26 Å². The van der Waals surface area contributed by atoms with Crippen LogP contribution in [0.5, 0.6) is 0 Å². The van der Waals surface area contributed by atoms with Gasteiger partial charge in [0, 0.05) is 52.0 Å². The second-order valence-electron chi connectivity index (χ2n) is 16.8. The summed E-state index contributed by atoms with van der Waals surface area (Å²) < 4.78 is 9.14. The zero-order chi connectivity index (χ0) is 44.3. The van der Waals surface area contributed by atoms with E-state index in [-0.39, 0.29) is 0 Å². The fraction of sp³-hybridized carbons (Fsp3) is 0.0175. The molecule has 10 nitrogen and oxygen atoms in total. The second-order valence-corrected chi connectivity index (χ2v) is 16.8. The van der Waals surface area contributed by atoms with E-state index in [4.69, 9.17) is 24.9 Å². The molecule has 0 N–H and O–H groups in total. The van der Waals surface area contributed by atoms with Gasteiger partial charge in [-0.15, -0.1) is 0 Å². The molecule has 10 heteroatoms. The molecule has 0 amide bonds. The summed E-state index contributed by atoms with van der Waals surface area (Å²) in [6.45, 7) is 2.02. The molecule has 0 aliphatic rings. The van der Waals surface area contributed by atoms with Gasteiger partial charge in [-0.05, 0) is 91.9 Å². The smallest absolute Gasteiger partial charge is 0.104 e. The fourth-order valence-electron chi connectivity index (χ4n) is 10.7. The third-order valence-corrected chi connectivity index (χ3v) is 13.3. The molecule has 9 heterocycles. The van der Waals surface area contributed by atoms with Crippen LogP contribution in [0.4, 0.5) is 0 Å². The molecule has 67 heavy (non-hydrogen) atoms. The summed E-state index contributed by atoms with van der Waals surface area (Å²) in [6.07, 6.45) is 7.37. The van der Waals surface area contributed by atoms with Crippen LogP contribution < -0.4 is 0 Å². The Hall–Kier alpha value is -9.46. The number of rotatable bonds is 5. The van der Waals surface area contributed by atoms with E-state index in [0.717, 1.165) is 110 Å². The molecule has 312 valence electrons. The number of pyridine rings is 5. The molecule has 0 aliphatic carbocycles. The minimum atomic E-state index is 0.434. The molecule has 0 bridgehead atoms. The molecule has 9 aromatic heterocycles. The first-order valence-corrected chi connectivity index (χ1v) is 22.2. The minimum Gasteiger partial charge on any atom is -0.305 e. The predicted octanol–water partition coefficient (Wildman–Crippen LogP) is 12.9. The van der Waals surface area contributed by atoms with Crippen LogP contribution in [0, 0.1) is 18.3 Å². The quantitative estimate of drug-likeness (QED) is 0.171. The van der Waals surface area contributed by atoms with E-state index >= 15 is 0 Å². The first kappa shape index (κ1) is 37.0. The van der Waals surface area contributed by atoms with E-state index in [0.29, 0.717) is 22.6 Å². The Morgan fingerprint density at radius 2 is 0.716 bits per heavy atom. The highest BCUT2D eigenvalue weighted by Gasteiger charge is 2.35. The Labute approximate surface area is 381 Å². The summed E-state index contributed by atoms with van der Waals surface area (Å²) in [5.41, 5.74) is 16.1. The van der Waals surface area contributed by atoms with Crippen LogP contribution in [0.2, 0.25) is 0 Å². The lowest BCUT2D eigenvalue weighted by atomic mass is 9.95. The van der Waals surface area contributed by atoms with Gasteiger partial charge in [0.2, 0.25) is 0 Å². The van der Waals surface area contributed by atoms with Crippen LogP contribution in [-0.2, 0) is 0 Å². The Kier molecular flexibility index (Phi) is 7.73. The van der Waals surface area contributed by atoms with Crippen LogP contribution >= 0.6 is 0 Å². The van der Waals surface area contributed by atoms with Gasteiger partial charge in [0.1, 0.15) is 11.6 Å². The fourth-order valence-corrected chi connectivity index (χ4v) is 10.7. The van der Waals surface area contributed by atoms with Gasteiger partial charge in [0.15, 0.2) is 0 Å². The maximum atomic E-state index is 12.5. The van der Waals surface area contributed by atoms with Crippen LogP contribution in [-0.4, -0.2) is 43.2 Å². The molecule has 0 spiro atoms. The Balaban J connectivity index is 1.38. The third-order valence-electron chi connectivity index (χ3n) is 13.3.